The summed E-state index contributed by atoms with van der Waals surface area (Å²) in [5.41, 5.74) is 0.737. The molecule has 0 saturated carbocycles. The maximum Gasteiger partial charge on any atom is 0.246 e. The second kappa shape index (κ2) is 9.32. The van der Waals surface area contributed by atoms with Gasteiger partial charge in [-0.2, -0.15) is 0 Å². The molecule has 2 N–H and O–H groups in total. The molecule has 1 aliphatic rings. The second-order valence-corrected chi connectivity index (χ2v) is 9.04. The molecule has 4 rings (SSSR count). The van der Waals surface area contributed by atoms with Gasteiger partial charge in [-0.25, -0.2) is 0 Å². The number of rotatable bonds is 7. The molecule has 8 heteroatoms. The Morgan fingerprint density at radius 2 is 2.16 bits per heavy atom. The first kappa shape index (κ1) is 21.7. The summed E-state index contributed by atoms with van der Waals surface area (Å²) in [5.74, 6) is 0.492. The van der Waals surface area contributed by atoms with Crippen molar-refractivity contribution in [1.29, 1.82) is 0 Å². The van der Waals surface area contributed by atoms with Crippen LogP contribution in [0.5, 0.6) is 0 Å². The number of hydrogen-bond acceptors (Lipinski definition) is 7. The van der Waals surface area contributed by atoms with Gasteiger partial charge >= 0.3 is 0 Å². The van der Waals surface area contributed by atoms with Gasteiger partial charge in [-0.3, -0.25) is 9.69 Å². The first-order chi connectivity index (χ1) is 15.0. The number of carbonyl (C=O) groups is 1. The minimum atomic E-state index is -1.05. The van der Waals surface area contributed by atoms with E-state index in [0.29, 0.717) is 19.5 Å². The number of piperidine rings is 1. The van der Waals surface area contributed by atoms with Gasteiger partial charge in [0, 0.05) is 30.2 Å². The maximum atomic E-state index is 12.3. The molecule has 164 valence electrons. The third-order valence-electron chi connectivity index (χ3n) is 5.70. The van der Waals surface area contributed by atoms with Gasteiger partial charge in [0.2, 0.25) is 5.91 Å². The summed E-state index contributed by atoms with van der Waals surface area (Å²) >= 11 is 1.61. The molecule has 3 atom stereocenters. The van der Waals surface area contributed by atoms with Crippen LogP contribution in [0.3, 0.4) is 0 Å². The Kier molecular flexibility index (Phi) is 6.52. The second-order valence-electron chi connectivity index (χ2n) is 8.06. The number of nitrogens with zero attached hydrogens (tertiary/aromatic N) is 2. The van der Waals surface area contributed by atoms with Crippen molar-refractivity contribution < 1.29 is 19.2 Å². The Morgan fingerprint density at radius 3 is 2.87 bits per heavy atom. The molecule has 0 radical (unpaired) electrons. The lowest BCUT2D eigenvalue weighted by Gasteiger charge is -2.48. The number of benzene rings is 1. The van der Waals surface area contributed by atoms with E-state index in [0.717, 1.165) is 21.9 Å². The van der Waals surface area contributed by atoms with Crippen molar-refractivity contribution in [1.82, 2.24) is 15.4 Å². The zero-order valence-electron chi connectivity index (χ0n) is 17.7. The third-order valence-corrected chi connectivity index (χ3v) is 6.64. The van der Waals surface area contributed by atoms with Gasteiger partial charge in [0.15, 0.2) is 5.76 Å². The third kappa shape index (κ3) is 4.88. The van der Waals surface area contributed by atoms with Crippen molar-refractivity contribution in [2.45, 2.75) is 37.6 Å². The summed E-state index contributed by atoms with van der Waals surface area (Å²) in [6, 6.07) is 15.2. The molecule has 3 heterocycles. The van der Waals surface area contributed by atoms with Crippen LogP contribution in [0.25, 0.3) is 11.3 Å². The summed E-state index contributed by atoms with van der Waals surface area (Å²) in [5, 5.41) is 20.4. The number of likely N-dealkylation sites (tertiary alicyclic amines) is 1. The van der Waals surface area contributed by atoms with E-state index in [-0.39, 0.29) is 18.6 Å². The topological polar surface area (TPSA) is 87.8 Å². The van der Waals surface area contributed by atoms with Crippen LogP contribution >= 0.6 is 11.3 Å². The number of nitrogens with one attached hydrogen (secondary N) is 1. The lowest BCUT2D eigenvalue weighted by atomic mass is 9.81. The number of thiophene rings is 1. The first-order valence-corrected chi connectivity index (χ1v) is 11.1. The van der Waals surface area contributed by atoms with E-state index in [1.54, 1.807) is 18.3 Å². The molecule has 0 aliphatic carbocycles. The van der Waals surface area contributed by atoms with Crippen molar-refractivity contribution in [3.63, 3.8) is 0 Å². The molecule has 2 aromatic heterocycles. The predicted octanol–water partition coefficient (Wildman–Crippen LogP) is 3.23. The number of hydrogen-bond donors (Lipinski definition) is 2. The van der Waals surface area contributed by atoms with Crippen LogP contribution in [0.4, 0.5) is 0 Å². The monoisotopic (exact) mass is 441 g/mol. The zero-order chi connectivity index (χ0) is 21.8. The highest BCUT2D eigenvalue weighted by Crippen LogP contribution is 2.39. The van der Waals surface area contributed by atoms with Gasteiger partial charge in [-0.1, -0.05) is 41.6 Å². The van der Waals surface area contributed by atoms with Crippen LogP contribution in [0.2, 0.25) is 0 Å². The number of aliphatic hydroxyl groups is 1. The largest absolute Gasteiger partial charge is 0.388 e. The Balaban J connectivity index is 1.60. The molecule has 1 amide bonds. The molecular formula is C23H27N3O4S. The van der Waals surface area contributed by atoms with Gasteiger partial charge < -0.3 is 19.7 Å². The molecule has 0 bridgehead atoms. The molecule has 0 spiro atoms. The number of carbonyl (C=O) groups excluding carboxylic acids is 1. The van der Waals surface area contributed by atoms with E-state index in [1.807, 2.05) is 53.9 Å². The number of amides is 1. The highest BCUT2D eigenvalue weighted by Gasteiger charge is 2.46. The van der Waals surface area contributed by atoms with Crippen LogP contribution in [0.15, 0.2) is 58.4 Å². The van der Waals surface area contributed by atoms with Crippen LogP contribution in [-0.2, 0) is 16.1 Å². The summed E-state index contributed by atoms with van der Waals surface area (Å²) in [7, 11) is 1.48. The molecule has 1 aromatic carbocycles. The minimum Gasteiger partial charge on any atom is -0.388 e. The SMILES string of the molecule is COCC(=O)NC1C(c2cccs2)N(Cc2cc(-c3ccccc3)no2)CCC1(C)O. The van der Waals surface area contributed by atoms with Gasteiger partial charge in [-0.15, -0.1) is 11.3 Å². The normalized spacial score (nSPS) is 24.2. The van der Waals surface area contributed by atoms with Gasteiger partial charge in [0.25, 0.3) is 0 Å². The number of methoxy groups -OCH3 is 1. The van der Waals surface area contributed by atoms with E-state index in [1.165, 1.54) is 7.11 Å². The number of ether oxygens (including phenoxy) is 1. The molecule has 1 aliphatic heterocycles. The van der Waals surface area contributed by atoms with Crippen molar-refractivity contribution >= 4 is 17.2 Å². The quantitative estimate of drug-likeness (QED) is 0.585. The van der Waals surface area contributed by atoms with E-state index < -0.39 is 11.6 Å². The molecule has 31 heavy (non-hydrogen) atoms. The highest BCUT2D eigenvalue weighted by atomic mass is 32.1. The maximum absolute atomic E-state index is 12.3. The van der Waals surface area contributed by atoms with Crippen molar-refractivity contribution in [2.24, 2.45) is 0 Å². The van der Waals surface area contributed by atoms with Crippen LogP contribution in [0.1, 0.15) is 30.0 Å². The van der Waals surface area contributed by atoms with Gasteiger partial charge in [0.1, 0.15) is 12.3 Å². The minimum absolute atomic E-state index is 0.0493. The zero-order valence-corrected chi connectivity index (χ0v) is 18.5. The van der Waals surface area contributed by atoms with Crippen LogP contribution in [0, 0.1) is 0 Å². The molecule has 7 nitrogen and oxygen atoms in total. The standard InChI is InChI=1S/C23H27N3O4S/c1-23(28)10-11-26(14-17-13-18(25-30-17)16-7-4-3-5-8-16)21(19-9-6-12-31-19)22(23)24-20(27)15-29-2/h3-9,12-13,21-22,28H,10-11,14-15H2,1-2H3,(H,24,27). The Bertz CT molecular complexity index is 987. The Labute approximate surface area is 185 Å². The molecule has 1 saturated heterocycles. The lowest BCUT2D eigenvalue weighted by Crippen LogP contribution is -2.62. The van der Waals surface area contributed by atoms with Crippen molar-refractivity contribution in [3.05, 3.63) is 64.5 Å². The summed E-state index contributed by atoms with van der Waals surface area (Å²) in [4.78, 5) is 15.7. The first-order valence-electron chi connectivity index (χ1n) is 10.3. The molecular weight excluding hydrogens is 414 g/mol. The fourth-order valence-corrected chi connectivity index (χ4v) is 5.01. The number of aromatic nitrogens is 1. The molecule has 3 aromatic rings. The fourth-order valence-electron chi connectivity index (χ4n) is 4.11. The fraction of sp³-hybridized carbons (Fsp3) is 0.391. The average Bonchev–Trinajstić information content (AvgIpc) is 3.44. The molecule has 1 fully saturated rings. The summed E-state index contributed by atoms with van der Waals surface area (Å²) < 4.78 is 10.6. The average molecular weight is 442 g/mol. The van der Waals surface area contributed by atoms with Crippen LogP contribution in [-0.4, -0.2) is 53.0 Å². The smallest absolute Gasteiger partial charge is 0.246 e. The lowest BCUT2D eigenvalue weighted by molar-refractivity contribution is -0.132. The summed E-state index contributed by atoms with van der Waals surface area (Å²) in [6.07, 6.45) is 0.520. The Hall–Kier alpha value is -2.52. The highest BCUT2D eigenvalue weighted by molar-refractivity contribution is 7.10. The van der Waals surface area contributed by atoms with E-state index >= 15 is 0 Å². The van der Waals surface area contributed by atoms with Gasteiger partial charge in [-0.05, 0) is 24.8 Å². The van der Waals surface area contributed by atoms with E-state index in [2.05, 4.69) is 15.4 Å². The van der Waals surface area contributed by atoms with Crippen LogP contribution < -0.4 is 5.32 Å². The van der Waals surface area contributed by atoms with Crippen molar-refractivity contribution in [2.75, 3.05) is 20.3 Å². The summed E-state index contributed by atoms with van der Waals surface area (Å²) in [6.45, 7) is 2.92. The van der Waals surface area contributed by atoms with E-state index in [4.69, 9.17) is 9.26 Å². The Morgan fingerprint density at radius 1 is 1.35 bits per heavy atom. The van der Waals surface area contributed by atoms with Gasteiger partial charge in [0.05, 0.1) is 24.2 Å². The van der Waals surface area contributed by atoms with Crippen molar-refractivity contribution in [3.8, 4) is 11.3 Å². The molecule has 3 unspecified atom stereocenters. The van der Waals surface area contributed by atoms with E-state index in [9.17, 15) is 9.90 Å². The predicted molar refractivity (Wildman–Crippen MR) is 118 cm³/mol.